The largest absolute Gasteiger partial charge is 0.375 e. The van der Waals surface area contributed by atoms with Crippen molar-refractivity contribution in [1.29, 1.82) is 0 Å². The fourth-order valence-electron chi connectivity index (χ4n) is 3.55. The summed E-state index contributed by atoms with van der Waals surface area (Å²) >= 11 is 6.24. The smallest absolute Gasteiger partial charge is 0.264 e. The number of hydrogen-bond donors (Lipinski definition) is 1. The normalized spacial score (nSPS) is 19.2. The monoisotopic (exact) mass is 357 g/mol. The molecule has 2 aromatic carbocycles. The van der Waals surface area contributed by atoms with Gasteiger partial charge in [-0.15, -0.1) is 0 Å². The van der Waals surface area contributed by atoms with E-state index in [0.29, 0.717) is 16.3 Å². The summed E-state index contributed by atoms with van der Waals surface area (Å²) in [7, 11) is 0. The van der Waals surface area contributed by atoms with Crippen LogP contribution >= 0.6 is 11.6 Å². The second kappa shape index (κ2) is 6.28. The minimum atomic E-state index is -1.82. The number of Topliss-reactive ketones (excluding diaryl/α,β-unsaturated/α-hetero) is 1. The number of rotatable bonds is 4. The Morgan fingerprint density at radius 2 is 1.92 bits per heavy atom. The van der Waals surface area contributed by atoms with Crippen molar-refractivity contribution in [3.05, 3.63) is 63.7 Å². The molecular formula is C20H20ClNO3. The van der Waals surface area contributed by atoms with Crippen molar-refractivity contribution in [2.24, 2.45) is 0 Å². The zero-order chi connectivity index (χ0) is 18.4. The summed E-state index contributed by atoms with van der Waals surface area (Å²) in [6.07, 6.45) is -0.235. The van der Waals surface area contributed by atoms with Crippen molar-refractivity contribution < 1.29 is 14.7 Å². The number of benzene rings is 2. The molecule has 25 heavy (non-hydrogen) atoms. The first-order valence-electron chi connectivity index (χ1n) is 8.13. The Hall–Kier alpha value is -2.17. The van der Waals surface area contributed by atoms with Crippen molar-refractivity contribution in [3.8, 4) is 0 Å². The van der Waals surface area contributed by atoms with Crippen LogP contribution in [0.15, 0.2) is 36.4 Å². The summed E-state index contributed by atoms with van der Waals surface area (Å²) in [6.45, 7) is 5.43. The molecule has 3 rings (SSSR count). The summed E-state index contributed by atoms with van der Waals surface area (Å²) < 4.78 is 0. The Kier molecular flexibility index (Phi) is 4.43. The predicted molar refractivity (Wildman–Crippen MR) is 97.8 cm³/mol. The van der Waals surface area contributed by atoms with E-state index >= 15 is 0 Å². The van der Waals surface area contributed by atoms with Gasteiger partial charge in [-0.2, -0.15) is 0 Å². The summed E-state index contributed by atoms with van der Waals surface area (Å²) in [5.74, 6) is -0.716. The van der Waals surface area contributed by atoms with Crippen molar-refractivity contribution >= 4 is 29.0 Å². The molecule has 1 atom stereocenters. The standard InChI is InChI=1S/C20H20ClNO3/c1-12-8-13(2)18-16(9-12)20(25,10-14(3)23)19(24)22(18)11-15-6-4-5-7-17(15)21/h4-9,25H,10-11H2,1-3H3/t20-/m0/s1. The van der Waals surface area contributed by atoms with Crippen LogP contribution in [0, 0.1) is 13.8 Å². The van der Waals surface area contributed by atoms with Gasteiger partial charge in [0.05, 0.1) is 12.2 Å². The first-order valence-corrected chi connectivity index (χ1v) is 8.50. The minimum absolute atomic E-state index is 0.235. The zero-order valence-electron chi connectivity index (χ0n) is 14.5. The van der Waals surface area contributed by atoms with Crippen molar-refractivity contribution in [3.63, 3.8) is 0 Å². The molecule has 0 unspecified atom stereocenters. The molecule has 0 saturated heterocycles. The second-order valence-electron chi connectivity index (χ2n) is 6.70. The van der Waals surface area contributed by atoms with Crippen LogP contribution in [0.2, 0.25) is 5.02 Å². The molecule has 0 saturated carbocycles. The molecule has 0 radical (unpaired) electrons. The number of amides is 1. The molecule has 1 aliphatic rings. The summed E-state index contributed by atoms with van der Waals surface area (Å²) in [4.78, 5) is 26.3. The van der Waals surface area contributed by atoms with Gasteiger partial charge in [0.25, 0.3) is 5.91 Å². The van der Waals surface area contributed by atoms with E-state index in [1.165, 1.54) is 11.8 Å². The van der Waals surface area contributed by atoms with Gasteiger partial charge in [-0.1, -0.05) is 47.5 Å². The van der Waals surface area contributed by atoms with E-state index in [1.54, 1.807) is 12.1 Å². The molecule has 0 aromatic heterocycles. The van der Waals surface area contributed by atoms with Crippen molar-refractivity contribution in [2.45, 2.75) is 39.3 Å². The number of aliphatic hydroxyl groups is 1. The third-order valence-electron chi connectivity index (χ3n) is 4.55. The molecule has 5 heteroatoms. The van der Waals surface area contributed by atoms with E-state index in [4.69, 9.17) is 11.6 Å². The van der Waals surface area contributed by atoms with Gasteiger partial charge < -0.3 is 10.0 Å². The zero-order valence-corrected chi connectivity index (χ0v) is 15.2. The fraction of sp³-hybridized carbons (Fsp3) is 0.300. The average molecular weight is 358 g/mol. The number of carbonyl (C=O) groups excluding carboxylic acids is 2. The van der Waals surface area contributed by atoms with E-state index in [2.05, 4.69) is 0 Å². The lowest BCUT2D eigenvalue weighted by atomic mass is 9.88. The Bertz CT molecular complexity index is 877. The number of nitrogens with zero attached hydrogens (tertiary/aromatic N) is 1. The molecule has 1 aliphatic heterocycles. The maximum absolute atomic E-state index is 13.1. The van der Waals surface area contributed by atoms with E-state index in [0.717, 1.165) is 16.7 Å². The van der Waals surface area contributed by atoms with Crippen LogP contribution in [0.1, 0.15) is 35.6 Å². The number of halogens is 1. The van der Waals surface area contributed by atoms with Gasteiger partial charge in [-0.25, -0.2) is 0 Å². The molecule has 4 nitrogen and oxygen atoms in total. The fourth-order valence-corrected chi connectivity index (χ4v) is 3.75. The number of hydrogen-bond acceptors (Lipinski definition) is 3. The lowest BCUT2D eigenvalue weighted by molar-refractivity contribution is -0.141. The number of fused-ring (bicyclic) bond motifs is 1. The predicted octanol–water partition coefficient (Wildman–Crippen LogP) is 3.67. The van der Waals surface area contributed by atoms with Crippen LogP contribution in [-0.2, 0) is 21.7 Å². The highest BCUT2D eigenvalue weighted by atomic mass is 35.5. The van der Waals surface area contributed by atoms with Gasteiger partial charge in [0.2, 0.25) is 0 Å². The molecule has 1 amide bonds. The van der Waals surface area contributed by atoms with Gasteiger partial charge in [-0.05, 0) is 38.0 Å². The number of anilines is 1. The van der Waals surface area contributed by atoms with Crippen LogP contribution in [0.25, 0.3) is 0 Å². The minimum Gasteiger partial charge on any atom is -0.375 e. The SMILES string of the molecule is CC(=O)C[C@@]1(O)C(=O)N(Cc2ccccc2Cl)c2c(C)cc(C)cc21. The van der Waals surface area contributed by atoms with Crippen LogP contribution in [0.3, 0.4) is 0 Å². The molecule has 130 valence electrons. The molecule has 0 aliphatic carbocycles. The molecule has 0 spiro atoms. The number of ketones is 1. The lowest BCUT2D eigenvalue weighted by Gasteiger charge is -2.22. The molecule has 0 fully saturated rings. The Morgan fingerprint density at radius 3 is 2.56 bits per heavy atom. The maximum atomic E-state index is 13.1. The third-order valence-corrected chi connectivity index (χ3v) is 4.92. The van der Waals surface area contributed by atoms with Gasteiger partial charge in [0.1, 0.15) is 5.78 Å². The highest BCUT2D eigenvalue weighted by molar-refractivity contribution is 6.31. The summed E-state index contributed by atoms with van der Waals surface area (Å²) in [5.41, 5.74) is 1.95. The van der Waals surface area contributed by atoms with Gasteiger partial charge in [-0.3, -0.25) is 9.59 Å². The molecular weight excluding hydrogens is 338 g/mol. The Labute approximate surface area is 152 Å². The van der Waals surface area contributed by atoms with E-state index in [-0.39, 0.29) is 18.7 Å². The Morgan fingerprint density at radius 1 is 1.24 bits per heavy atom. The van der Waals surface area contributed by atoms with E-state index in [1.807, 2.05) is 38.1 Å². The van der Waals surface area contributed by atoms with Gasteiger partial charge in [0.15, 0.2) is 5.60 Å². The number of carbonyl (C=O) groups is 2. The van der Waals surface area contributed by atoms with Crippen LogP contribution < -0.4 is 4.90 Å². The molecule has 1 N–H and O–H groups in total. The molecule has 0 bridgehead atoms. The van der Waals surface area contributed by atoms with Gasteiger partial charge in [0, 0.05) is 17.0 Å². The Balaban J connectivity index is 2.14. The second-order valence-corrected chi connectivity index (χ2v) is 7.11. The first-order chi connectivity index (χ1) is 11.7. The maximum Gasteiger partial charge on any atom is 0.264 e. The van der Waals surface area contributed by atoms with E-state index < -0.39 is 11.5 Å². The van der Waals surface area contributed by atoms with Crippen molar-refractivity contribution in [1.82, 2.24) is 0 Å². The molecule has 1 heterocycles. The highest BCUT2D eigenvalue weighted by Gasteiger charge is 2.51. The van der Waals surface area contributed by atoms with Crippen molar-refractivity contribution in [2.75, 3.05) is 4.90 Å². The van der Waals surface area contributed by atoms with Crippen LogP contribution in [0.5, 0.6) is 0 Å². The highest BCUT2D eigenvalue weighted by Crippen LogP contribution is 2.45. The van der Waals surface area contributed by atoms with Gasteiger partial charge >= 0.3 is 0 Å². The topological polar surface area (TPSA) is 57.6 Å². The van der Waals surface area contributed by atoms with Crippen LogP contribution in [0.4, 0.5) is 5.69 Å². The first kappa shape index (κ1) is 17.6. The summed E-state index contributed by atoms with van der Waals surface area (Å²) in [5, 5.41) is 11.7. The average Bonchev–Trinajstić information content (AvgIpc) is 2.71. The third kappa shape index (κ3) is 2.96. The number of aryl methyl sites for hydroxylation is 2. The summed E-state index contributed by atoms with van der Waals surface area (Å²) in [6, 6.07) is 11.0. The molecule has 2 aromatic rings. The lowest BCUT2D eigenvalue weighted by Crippen LogP contribution is -2.41. The van der Waals surface area contributed by atoms with Crippen LogP contribution in [-0.4, -0.2) is 16.8 Å². The quantitative estimate of drug-likeness (QED) is 0.908. The van der Waals surface area contributed by atoms with E-state index in [9.17, 15) is 14.7 Å².